The fourth-order valence-corrected chi connectivity index (χ4v) is 4.87. The molecule has 9 heteroatoms. The Hall–Kier alpha value is -3.49. The largest absolute Gasteiger partial charge is 0.478 e. The molecule has 0 spiro atoms. The molecule has 0 fully saturated rings. The molecule has 2 aromatic carbocycles. The van der Waals surface area contributed by atoms with Crippen molar-refractivity contribution < 1.29 is 19.4 Å². The summed E-state index contributed by atoms with van der Waals surface area (Å²) >= 11 is 7.27. The molecule has 34 heavy (non-hydrogen) atoms. The van der Waals surface area contributed by atoms with Gasteiger partial charge in [0.2, 0.25) is 0 Å². The van der Waals surface area contributed by atoms with Crippen molar-refractivity contribution in [3.63, 3.8) is 0 Å². The number of allylic oxidation sites excluding steroid dienone is 1. The first kappa shape index (κ1) is 23.7. The highest BCUT2D eigenvalue weighted by Crippen LogP contribution is 2.31. The van der Waals surface area contributed by atoms with Crippen molar-refractivity contribution in [3.8, 4) is 0 Å². The fourth-order valence-electron chi connectivity index (χ4n) is 3.69. The van der Waals surface area contributed by atoms with E-state index in [0.717, 1.165) is 0 Å². The lowest BCUT2D eigenvalue weighted by Gasteiger charge is -2.25. The second kappa shape index (κ2) is 9.40. The molecule has 174 valence electrons. The Morgan fingerprint density at radius 2 is 1.79 bits per heavy atom. The monoisotopic (exact) mass is 496 g/mol. The van der Waals surface area contributed by atoms with Crippen LogP contribution in [0, 0.1) is 0 Å². The molecule has 0 bridgehead atoms. The molecule has 1 aromatic heterocycles. The summed E-state index contributed by atoms with van der Waals surface area (Å²) in [6, 6.07) is 12.5. The van der Waals surface area contributed by atoms with Gasteiger partial charge < -0.3 is 9.84 Å². The predicted octanol–water partition coefficient (Wildman–Crippen LogP) is 3.54. The third kappa shape index (κ3) is 4.60. The maximum atomic E-state index is 13.5. The number of rotatable bonds is 5. The van der Waals surface area contributed by atoms with Crippen molar-refractivity contribution in [1.29, 1.82) is 0 Å². The van der Waals surface area contributed by atoms with Crippen LogP contribution in [0.25, 0.3) is 6.08 Å². The summed E-state index contributed by atoms with van der Waals surface area (Å²) in [6.07, 6.45) is 1.34. The Bertz CT molecular complexity index is 1480. The van der Waals surface area contributed by atoms with Crippen LogP contribution in [-0.4, -0.2) is 27.7 Å². The molecular formula is C25H21ClN2O5S. The van der Waals surface area contributed by atoms with Gasteiger partial charge >= 0.3 is 11.9 Å². The summed E-state index contributed by atoms with van der Waals surface area (Å²) in [6.45, 7) is 5.24. The maximum Gasteiger partial charge on any atom is 0.338 e. The number of carboxylic acid groups (broad SMARTS) is 1. The van der Waals surface area contributed by atoms with E-state index in [1.807, 2.05) is 0 Å². The van der Waals surface area contributed by atoms with Crippen LogP contribution in [0.3, 0.4) is 0 Å². The minimum atomic E-state index is -1.02. The van der Waals surface area contributed by atoms with Gasteiger partial charge in [0, 0.05) is 5.02 Å². The number of nitrogens with zero attached hydrogens (tertiary/aromatic N) is 2. The molecule has 4 rings (SSSR count). The topological polar surface area (TPSA) is 98.0 Å². The number of carbonyl (C=O) groups excluding carboxylic acids is 1. The normalized spacial score (nSPS) is 15.8. The van der Waals surface area contributed by atoms with E-state index in [-0.39, 0.29) is 17.2 Å². The third-order valence-electron chi connectivity index (χ3n) is 5.23. The van der Waals surface area contributed by atoms with E-state index >= 15 is 0 Å². The molecule has 1 aliphatic heterocycles. The number of aromatic nitrogens is 1. The van der Waals surface area contributed by atoms with Gasteiger partial charge in [-0.15, -0.1) is 0 Å². The van der Waals surface area contributed by atoms with E-state index in [0.29, 0.717) is 36.8 Å². The van der Waals surface area contributed by atoms with Crippen LogP contribution in [0.1, 0.15) is 48.3 Å². The van der Waals surface area contributed by atoms with Gasteiger partial charge in [-0.05, 0) is 62.2 Å². The first-order valence-electron chi connectivity index (χ1n) is 10.5. The lowest BCUT2D eigenvalue weighted by molar-refractivity contribution is -0.143. The van der Waals surface area contributed by atoms with Crippen LogP contribution in [0.4, 0.5) is 0 Å². The minimum Gasteiger partial charge on any atom is -0.478 e. The number of aromatic carboxylic acids is 1. The van der Waals surface area contributed by atoms with Gasteiger partial charge in [0.05, 0.1) is 33.5 Å². The number of carboxylic acids is 1. The summed E-state index contributed by atoms with van der Waals surface area (Å²) in [5, 5.41) is 9.63. The lowest BCUT2D eigenvalue weighted by Crippen LogP contribution is -2.40. The van der Waals surface area contributed by atoms with Crippen molar-refractivity contribution >= 4 is 41.0 Å². The van der Waals surface area contributed by atoms with E-state index in [1.54, 1.807) is 63.2 Å². The van der Waals surface area contributed by atoms with Crippen molar-refractivity contribution in [3.05, 3.63) is 101 Å². The van der Waals surface area contributed by atoms with Crippen molar-refractivity contribution in [2.45, 2.75) is 32.9 Å². The molecule has 1 N–H and O–H groups in total. The zero-order valence-corrected chi connectivity index (χ0v) is 20.2. The number of carbonyl (C=O) groups is 2. The van der Waals surface area contributed by atoms with Crippen LogP contribution in [0.5, 0.6) is 0 Å². The summed E-state index contributed by atoms with van der Waals surface area (Å²) < 4.78 is 7.38. The Balaban J connectivity index is 1.90. The zero-order chi connectivity index (χ0) is 24.6. The SMILES string of the molecule is CC1=C(C(=O)OC(C)C)[C@@H](c2ccc(Cl)cc2)n2c(s/c(=C/c3ccc(C(=O)O)cc3)c2=O)=N1. The highest BCUT2D eigenvalue weighted by molar-refractivity contribution is 7.07. The number of hydrogen-bond acceptors (Lipinski definition) is 6. The maximum absolute atomic E-state index is 13.5. The van der Waals surface area contributed by atoms with E-state index in [4.69, 9.17) is 21.4 Å². The third-order valence-corrected chi connectivity index (χ3v) is 6.46. The minimum absolute atomic E-state index is 0.158. The number of esters is 1. The second-order valence-corrected chi connectivity index (χ2v) is 9.46. The highest BCUT2D eigenvalue weighted by atomic mass is 35.5. The number of fused-ring (bicyclic) bond motifs is 1. The summed E-state index contributed by atoms with van der Waals surface area (Å²) in [5.41, 5.74) is 1.99. The molecule has 0 amide bonds. The predicted molar refractivity (Wildman–Crippen MR) is 130 cm³/mol. The average Bonchev–Trinajstić information content (AvgIpc) is 3.07. The van der Waals surface area contributed by atoms with Gasteiger partial charge in [-0.1, -0.05) is 47.2 Å². The molecule has 0 unspecified atom stereocenters. The van der Waals surface area contributed by atoms with E-state index < -0.39 is 18.0 Å². The molecule has 1 atom stereocenters. The van der Waals surface area contributed by atoms with E-state index in [1.165, 1.54) is 28.0 Å². The van der Waals surface area contributed by atoms with Crippen LogP contribution < -0.4 is 14.9 Å². The Morgan fingerprint density at radius 1 is 1.15 bits per heavy atom. The van der Waals surface area contributed by atoms with Gasteiger partial charge in [-0.25, -0.2) is 14.6 Å². The summed E-state index contributed by atoms with van der Waals surface area (Å²) in [4.78, 5) is 42.7. The van der Waals surface area contributed by atoms with Gasteiger partial charge in [-0.2, -0.15) is 0 Å². The number of ether oxygens (including phenoxy) is 1. The van der Waals surface area contributed by atoms with Crippen LogP contribution >= 0.6 is 22.9 Å². The summed E-state index contributed by atoms with van der Waals surface area (Å²) in [7, 11) is 0. The number of benzene rings is 2. The molecule has 7 nitrogen and oxygen atoms in total. The van der Waals surface area contributed by atoms with Gasteiger partial charge in [0.1, 0.15) is 0 Å². The lowest BCUT2D eigenvalue weighted by atomic mass is 9.96. The molecule has 2 heterocycles. The Kier molecular flexibility index (Phi) is 6.54. The Labute approximate surface area is 203 Å². The molecular weight excluding hydrogens is 476 g/mol. The van der Waals surface area contributed by atoms with Crippen LogP contribution in [0.15, 0.2) is 69.6 Å². The Morgan fingerprint density at radius 3 is 2.38 bits per heavy atom. The van der Waals surface area contributed by atoms with E-state index in [9.17, 15) is 14.4 Å². The highest BCUT2D eigenvalue weighted by Gasteiger charge is 2.33. The van der Waals surface area contributed by atoms with Gasteiger partial charge in [-0.3, -0.25) is 9.36 Å². The van der Waals surface area contributed by atoms with Crippen molar-refractivity contribution in [2.24, 2.45) is 4.99 Å². The van der Waals surface area contributed by atoms with Crippen molar-refractivity contribution in [1.82, 2.24) is 4.57 Å². The first-order chi connectivity index (χ1) is 16.2. The second-order valence-electron chi connectivity index (χ2n) is 8.01. The average molecular weight is 497 g/mol. The van der Waals surface area contributed by atoms with Crippen LogP contribution in [-0.2, 0) is 9.53 Å². The number of hydrogen-bond donors (Lipinski definition) is 1. The van der Waals surface area contributed by atoms with E-state index in [2.05, 4.69) is 4.99 Å². The molecule has 0 saturated heterocycles. The van der Waals surface area contributed by atoms with Gasteiger partial charge in [0.25, 0.3) is 5.56 Å². The standard InChI is InChI=1S/C25H21ClN2O5S/c1-13(2)33-24(32)20-14(3)27-25-28(21(20)16-8-10-18(26)11-9-16)22(29)19(34-25)12-15-4-6-17(7-5-15)23(30)31/h4-13,21H,1-3H3,(H,30,31)/b19-12+/t21-/m1/s1. The molecule has 1 aliphatic rings. The molecule has 0 saturated carbocycles. The quantitative estimate of drug-likeness (QED) is 0.545. The molecule has 0 aliphatic carbocycles. The zero-order valence-electron chi connectivity index (χ0n) is 18.6. The van der Waals surface area contributed by atoms with Crippen LogP contribution in [0.2, 0.25) is 5.02 Å². The number of halogens is 1. The molecule has 3 aromatic rings. The van der Waals surface area contributed by atoms with Crippen molar-refractivity contribution in [2.75, 3.05) is 0 Å². The fraction of sp³-hybridized carbons (Fsp3) is 0.200. The summed E-state index contributed by atoms with van der Waals surface area (Å²) in [5.74, 6) is -1.56. The number of thiazole rings is 1. The first-order valence-corrected chi connectivity index (χ1v) is 11.7. The molecule has 0 radical (unpaired) electrons. The smallest absolute Gasteiger partial charge is 0.338 e. The van der Waals surface area contributed by atoms with Gasteiger partial charge in [0.15, 0.2) is 4.80 Å².